The van der Waals surface area contributed by atoms with E-state index in [9.17, 15) is 23.1 Å². The molecule has 1 aliphatic heterocycles. The molecule has 1 saturated heterocycles. The normalized spacial score (nSPS) is 22.3. The maximum atomic E-state index is 12.8. The third-order valence-corrected chi connectivity index (χ3v) is 8.51. The van der Waals surface area contributed by atoms with Gasteiger partial charge in [-0.25, -0.2) is 22.7 Å². The summed E-state index contributed by atoms with van der Waals surface area (Å²) < 4.78 is 34.4. The van der Waals surface area contributed by atoms with Crippen LogP contribution in [0, 0.1) is 0 Å². The largest absolute Gasteiger partial charge is 0.465 e. The van der Waals surface area contributed by atoms with E-state index >= 15 is 0 Å². The van der Waals surface area contributed by atoms with E-state index in [4.69, 9.17) is 4.74 Å². The number of sulfonamides is 1. The number of amides is 2. The molecule has 172 valence electrons. The number of hydrogen-bond donors (Lipinski definition) is 3. The number of rotatable bonds is 6. The molecular formula is C19H25Br2N3O6S. The summed E-state index contributed by atoms with van der Waals surface area (Å²) >= 11 is 6.49. The van der Waals surface area contributed by atoms with Crippen LogP contribution in [-0.4, -0.2) is 61.9 Å². The molecule has 0 radical (unpaired) electrons. The molecule has 1 heterocycles. The van der Waals surface area contributed by atoms with Crippen molar-refractivity contribution in [3.8, 4) is 0 Å². The van der Waals surface area contributed by atoms with Crippen LogP contribution < -0.4 is 10.0 Å². The standard InChI is InChI=1S/C19H25Br2N3O6S/c20-12-6-7-16(21)17(8-12)31(28,29)23-14-9-15(24(10-14)19(26)27)11-30-18(25)22-13-4-2-1-3-5-13/h6-8,13-15,23H,1-5,9-11H2,(H,22,25)(H,26,27)/t14-,15-/m1/s1. The molecule has 0 aromatic heterocycles. The number of ether oxygens (including phenoxy) is 1. The van der Waals surface area contributed by atoms with Crippen LogP contribution in [0.5, 0.6) is 0 Å². The highest BCUT2D eigenvalue weighted by atomic mass is 79.9. The molecule has 31 heavy (non-hydrogen) atoms. The number of alkyl carbamates (subject to hydrolysis) is 1. The molecule has 0 spiro atoms. The zero-order valence-corrected chi connectivity index (χ0v) is 20.7. The summed E-state index contributed by atoms with van der Waals surface area (Å²) in [5.74, 6) is 0. The predicted octanol–water partition coefficient (Wildman–Crippen LogP) is 3.67. The molecule has 2 atom stereocenters. The number of benzene rings is 1. The lowest BCUT2D eigenvalue weighted by molar-refractivity contribution is 0.0934. The van der Waals surface area contributed by atoms with Crippen molar-refractivity contribution in [2.45, 2.75) is 61.5 Å². The van der Waals surface area contributed by atoms with Crippen molar-refractivity contribution in [2.75, 3.05) is 13.2 Å². The highest BCUT2D eigenvalue weighted by Gasteiger charge is 2.38. The van der Waals surface area contributed by atoms with Crippen LogP contribution >= 0.6 is 31.9 Å². The first-order valence-corrected chi connectivity index (χ1v) is 13.1. The summed E-state index contributed by atoms with van der Waals surface area (Å²) in [7, 11) is -3.89. The predicted molar refractivity (Wildman–Crippen MR) is 120 cm³/mol. The van der Waals surface area contributed by atoms with Gasteiger partial charge in [0.15, 0.2) is 0 Å². The molecule has 1 aliphatic carbocycles. The third kappa shape index (κ3) is 6.56. The van der Waals surface area contributed by atoms with Gasteiger partial charge in [-0.05, 0) is 53.4 Å². The number of carboxylic acid groups (broad SMARTS) is 1. The fraction of sp³-hybridized carbons (Fsp3) is 0.579. The van der Waals surface area contributed by atoms with Crippen LogP contribution in [0.1, 0.15) is 38.5 Å². The van der Waals surface area contributed by atoms with E-state index in [1.807, 2.05) is 0 Å². The van der Waals surface area contributed by atoms with E-state index in [-0.39, 0.29) is 30.5 Å². The van der Waals surface area contributed by atoms with E-state index in [2.05, 4.69) is 41.9 Å². The molecule has 3 N–H and O–H groups in total. The number of halogens is 2. The van der Waals surface area contributed by atoms with Gasteiger partial charge in [-0.3, -0.25) is 0 Å². The molecule has 2 aliphatic rings. The van der Waals surface area contributed by atoms with E-state index in [0.717, 1.165) is 37.0 Å². The molecule has 0 bridgehead atoms. The average Bonchev–Trinajstić information content (AvgIpc) is 3.11. The van der Waals surface area contributed by atoms with Crippen LogP contribution in [0.3, 0.4) is 0 Å². The summed E-state index contributed by atoms with van der Waals surface area (Å²) in [5.41, 5.74) is 0. The summed E-state index contributed by atoms with van der Waals surface area (Å²) in [6.07, 6.45) is 3.56. The lowest BCUT2D eigenvalue weighted by Crippen LogP contribution is -2.41. The SMILES string of the molecule is O=C(NC1CCCCC1)OC[C@H]1C[C@@H](NS(=O)(=O)c2cc(Br)ccc2Br)CN1C(=O)O. The zero-order chi connectivity index (χ0) is 22.6. The summed E-state index contributed by atoms with van der Waals surface area (Å²) in [5, 5.41) is 12.3. The van der Waals surface area contributed by atoms with Gasteiger partial charge in [0, 0.05) is 27.6 Å². The van der Waals surface area contributed by atoms with E-state index in [1.54, 1.807) is 12.1 Å². The number of nitrogens with one attached hydrogen (secondary N) is 2. The van der Waals surface area contributed by atoms with Gasteiger partial charge in [-0.1, -0.05) is 35.2 Å². The van der Waals surface area contributed by atoms with Gasteiger partial charge >= 0.3 is 12.2 Å². The van der Waals surface area contributed by atoms with Crippen molar-refractivity contribution in [1.82, 2.24) is 14.9 Å². The molecule has 12 heteroatoms. The molecule has 1 saturated carbocycles. The Morgan fingerprint density at radius 3 is 2.55 bits per heavy atom. The maximum Gasteiger partial charge on any atom is 0.407 e. The van der Waals surface area contributed by atoms with Gasteiger partial charge < -0.3 is 20.1 Å². The Labute approximate surface area is 198 Å². The van der Waals surface area contributed by atoms with Gasteiger partial charge in [-0.2, -0.15) is 0 Å². The quantitative estimate of drug-likeness (QED) is 0.470. The van der Waals surface area contributed by atoms with Gasteiger partial charge in [-0.15, -0.1) is 0 Å². The lowest BCUT2D eigenvalue weighted by atomic mass is 9.96. The van der Waals surface area contributed by atoms with Crippen LogP contribution in [0.4, 0.5) is 9.59 Å². The van der Waals surface area contributed by atoms with Crippen molar-refractivity contribution in [1.29, 1.82) is 0 Å². The minimum Gasteiger partial charge on any atom is -0.465 e. The van der Waals surface area contributed by atoms with E-state index < -0.39 is 34.3 Å². The van der Waals surface area contributed by atoms with Crippen molar-refractivity contribution in [3.05, 3.63) is 27.1 Å². The molecule has 2 amide bonds. The minimum atomic E-state index is -3.89. The summed E-state index contributed by atoms with van der Waals surface area (Å²) in [6, 6.07) is 3.60. The second-order valence-electron chi connectivity index (χ2n) is 7.80. The Balaban J connectivity index is 1.59. The Morgan fingerprint density at radius 1 is 1.16 bits per heavy atom. The first-order valence-electron chi connectivity index (χ1n) is 10.1. The Kier molecular flexibility index (Phi) is 8.22. The molecule has 2 fully saturated rings. The van der Waals surface area contributed by atoms with Crippen molar-refractivity contribution in [2.24, 2.45) is 0 Å². The van der Waals surface area contributed by atoms with Crippen LogP contribution in [0.25, 0.3) is 0 Å². The second-order valence-corrected chi connectivity index (χ2v) is 11.2. The number of hydrogen-bond acceptors (Lipinski definition) is 5. The Bertz CT molecular complexity index is 923. The maximum absolute atomic E-state index is 12.8. The second kappa shape index (κ2) is 10.5. The molecule has 9 nitrogen and oxygen atoms in total. The van der Waals surface area contributed by atoms with Crippen molar-refractivity contribution < 1.29 is 27.9 Å². The first kappa shape index (κ1) is 24.3. The van der Waals surface area contributed by atoms with E-state index in [0.29, 0.717) is 8.95 Å². The van der Waals surface area contributed by atoms with Crippen LogP contribution in [0.15, 0.2) is 32.0 Å². The molecule has 3 rings (SSSR count). The molecule has 1 aromatic rings. The Hall–Kier alpha value is -1.37. The number of nitrogens with zero attached hydrogens (tertiary/aromatic N) is 1. The summed E-state index contributed by atoms with van der Waals surface area (Å²) in [6.45, 7) is -0.165. The van der Waals surface area contributed by atoms with Gasteiger partial charge in [0.05, 0.1) is 10.9 Å². The van der Waals surface area contributed by atoms with Gasteiger partial charge in [0.2, 0.25) is 10.0 Å². The van der Waals surface area contributed by atoms with Gasteiger partial charge in [0.25, 0.3) is 0 Å². The van der Waals surface area contributed by atoms with Crippen LogP contribution in [0.2, 0.25) is 0 Å². The highest BCUT2D eigenvalue weighted by molar-refractivity contribution is 9.11. The summed E-state index contributed by atoms with van der Waals surface area (Å²) in [4.78, 5) is 24.9. The number of likely N-dealkylation sites (tertiary alicyclic amines) is 1. The minimum absolute atomic E-state index is 0.0293. The number of carbonyl (C=O) groups excluding carboxylic acids is 1. The topological polar surface area (TPSA) is 125 Å². The molecule has 0 unspecified atom stereocenters. The highest BCUT2D eigenvalue weighted by Crippen LogP contribution is 2.27. The molecule has 1 aromatic carbocycles. The monoisotopic (exact) mass is 581 g/mol. The fourth-order valence-corrected chi connectivity index (χ4v) is 6.73. The van der Waals surface area contributed by atoms with E-state index in [1.165, 1.54) is 6.07 Å². The van der Waals surface area contributed by atoms with Crippen molar-refractivity contribution >= 4 is 54.1 Å². The Morgan fingerprint density at radius 2 is 1.87 bits per heavy atom. The van der Waals surface area contributed by atoms with Gasteiger partial charge in [0.1, 0.15) is 6.61 Å². The first-order chi connectivity index (χ1) is 14.7. The number of carbonyl (C=O) groups is 2. The zero-order valence-electron chi connectivity index (χ0n) is 16.7. The molecular weight excluding hydrogens is 558 g/mol. The lowest BCUT2D eigenvalue weighted by Gasteiger charge is -2.24. The van der Waals surface area contributed by atoms with Crippen molar-refractivity contribution in [3.63, 3.8) is 0 Å². The van der Waals surface area contributed by atoms with Crippen LogP contribution in [-0.2, 0) is 14.8 Å². The fourth-order valence-electron chi connectivity index (χ4n) is 3.99. The smallest absolute Gasteiger partial charge is 0.407 e. The third-order valence-electron chi connectivity index (χ3n) is 5.50. The average molecular weight is 583 g/mol.